The summed E-state index contributed by atoms with van der Waals surface area (Å²) in [5.41, 5.74) is 0.341. The fraction of sp³-hybridized carbons (Fsp3) is 0.438. The van der Waals surface area contributed by atoms with Gasteiger partial charge in [0.1, 0.15) is 11.8 Å². The lowest BCUT2D eigenvalue weighted by atomic mass is 10.2. The molecule has 0 aliphatic heterocycles. The standard InChI is InChI=1S/C16H22N4O4S3/c1-10(2)25-16-19-18-15(26-16)17-14(21)11(3)20(27(5,22)23)12-7-6-8-13(9-12)24-4/h6-11H,1-5H3,(H,17,18,21). The number of nitrogens with one attached hydrogen (secondary N) is 1. The van der Waals surface area contributed by atoms with Crippen LogP contribution in [-0.2, 0) is 14.8 Å². The molecule has 2 rings (SSSR count). The van der Waals surface area contributed by atoms with Crippen LogP contribution in [0.5, 0.6) is 5.75 Å². The van der Waals surface area contributed by atoms with Gasteiger partial charge in [-0.15, -0.1) is 10.2 Å². The summed E-state index contributed by atoms with van der Waals surface area (Å²) in [6.07, 6.45) is 1.05. The monoisotopic (exact) mass is 430 g/mol. The second-order valence-corrected chi connectivity index (χ2v) is 10.6. The Bertz CT molecular complexity index is 899. The Labute approximate surface area is 167 Å². The minimum absolute atomic E-state index is 0.328. The van der Waals surface area contributed by atoms with Crippen LogP contribution in [0.1, 0.15) is 20.8 Å². The third kappa shape index (κ3) is 5.81. The van der Waals surface area contributed by atoms with Crippen molar-refractivity contribution in [1.29, 1.82) is 0 Å². The zero-order valence-electron chi connectivity index (χ0n) is 15.7. The molecule has 148 valence electrons. The van der Waals surface area contributed by atoms with Crippen LogP contribution in [0.25, 0.3) is 0 Å². The first kappa shape index (κ1) is 21.5. The zero-order chi connectivity index (χ0) is 20.2. The van der Waals surface area contributed by atoms with Crippen molar-refractivity contribution in [3.05, 3.63) is 24.3 Å². The minimum atomic E-state index is -3.71. The number of aromatic nitrogens is 2. The minimum Gasteiger partial charge on any atom is -0.497 e. The Kier molecular flexibility index (Phi) is 7.06. The van der Waals surface area contributed by atoms with Crippen molar-refractivity contribution >= 4 is 49.8 Å². The molecule has 0 saturated heterocycles. The normalized spacial score (nSPS) is 12.7. The number of nitrogens with zero attached hydrogens (tertiary/aromatic N) is 3. The van der Waals surface area contributed by atoms with Gasteiger partial charge in [-0.3, -0.25) is 14.4 Å². The van der Waals surface area contributed by atoms with E-state index in [1.807, 2.05) is 13.8 Å². The number of methoxy groups -OCH3 is 1. The van der Waals surface area contributed by atoms with Crippen molar-refractivity contribution in [2.24, 2.45) is 0 Å². The summed E-state index contributed by atoms with van der Waals surface area (Å²) >= 11 is 2.79. The molecular weight excluding hydrogens is 408 g/mol. The third-order valence-corrected chi connectivity index (χ3v) is 6.54. The Morgan fingerprint density at radius 1 is 1.30 bits per heavy atom. The maximum atomic E-state index is 12.6. The highest BCUT2D eigenvalue weighted by Crippen LogP contribution is 2.29. The predicted octanol–water partition coefficient (Wildman–Crippen LogP) is 2.84. The molecule has 1 atom stereocenters. The van der Waals surface area contributed by atoms with E-state index < -0.39 is 22.0 Å². The number of sulfonamides is 1. The number of hydrogen-bond acceptors (Lipinski definition) is 8. The number of carbonyl (C=O) groups excluding carboxylic acids is 1. The molecule has 0 aliphatic carbocycles. The lowest BCUT2D eigenvalue weighted by molar-refractivity contribution is -0.116. The summed E-state index contributed by atoms with van der Waals surface area (Å²) in [4.78, 5) is 12.6. The molecule has 27 heavy (non-hydrogen) atoms. The van der Waals surface area contributed by atoms with Gasteiger partial charge in [0.15, 0.2) is 4.34 Å². The van der Waals surface area contributed by atoms with Crippen molar-refractivity contribution in [3.8, 4) is 5.75 Å². The Morgan fingerprint density at radius 2 is 2.00 bits per heavy atom. The lowest BCUT2D eigenvalue weighted by Crippen LogP contribution is -2.45. The summed E-state index contributed by atoms with van der Waals surface area (Å²) in [6, 6.07) is 5.54. The van der Waals surface area contributed by atoms with E-state index in [2.05, 4.69) is 15.5 Å². The van der Waals surface area contributed by atoms with E-state index in [9.17, 15) is 13.2 Å². The molecule has 1 aromatic heterocycles. The highest BCUT2D eigenvalue weighted by Gasteiger charge is 2.30. The Morgan fingerprint density at radius 3 is 2.59 bits per heavy atom. The smallest absolute Gasteiger partial charge is 0.249 e. The number of amides is 1. The van der Waals surface area contributed by atoms with Gasteiger partial charge in [0.25, 0.3) is 0 Å². The summed E-state index contributed by atoms with van der Waals surface area (Å²) in [5, 5.41) is 11.3. The molecule has 1 aromatic carbocycles. The van der Waals surface area contributed by atoms with Gasteiger partial charge in [-0.25, -0.2) is 8.42 Å². The first-order valence-corrected chi connectivity index (χ1v) is 11.6. The summed E-state index contributed by atoms with van der Waals surface area (Å²) in [7, 11) is -2.22. The van der Waals surface area contributed by atoms with Gasteiger partial charge in [-0.2, -0.15) is 0 Å². The van der Waals surface area contributed by atoms with Crippen LogP contribution in [0.2, 0.25) is 0 Å². The Hall–Kier alpha value is -1.85. The van der Waals surface area contributed by atoms with E-state index in [-0.39, 0.29) is 0 Å². The highest BCUT2D eigenvalue weighted by molar-refractivity contribution is 8.01. The molecule has 1 unspecified atom stereocenters. The van der Waals surface area contributed by atoms with E-state index in [4.69, 9.17) is 4.74 Å². The summed E-state index contributed by atoms with van der Waals surface area (Å²) in [5.74, 6) is -0.00581. The van der Waals surface area contributed by atoms with Crippen molar-refractivity contribution < 1.29 is 17.9 Å². The molecule has 0 bridgehead atoms. The molecule has 8 nitrogen and oxygen atoms in total. The van der Waals surface area contributed by atoms with Gasteiger partial charge in [-0.05, 0) is 19.1 Å². The lowest BCUT2D eigenvalue weighted by Gasteiger charge is -2.28. The fourth-order valence-electron chi connectivity index (χ4n) is 2.28. The number of rotatable bonds is 8. The van der Waals surface area contributed by atoms with Crippen LogP contribution >= 0.6 is 23.1 Å². The van der Waals surface area contributed by atoms with Gasteiger partial charge in [-0.1, -0.05) is 43.0 Å². The molecular formula is C16H22N4O4S3. The number of carbonyl (C=O) groups is 1. The Balaban J connectivity index is 2.23. The van der Waals surface area contributed by atoms with Crippen molar-refractivity contribution in [2.75, 3.05) is 23.0 Å². The average molecular weight is 431 g/mol. The topological polar surface area (TPSA) is 101 Å². The molecule has 0 radical (unpaired) electrons. The van der Waals surface area contributed by atoms with Crippen LogP contribution in [-0.4, -0.2) is 49.2 Å². The highest BCUT2D eigenvalue weighted by atomic mass is 32.2. The second-order valence-electron chi connectivity index (χ2n) is 5.97. The van der Waals surface area contributed by atoms with Gasteiger partial charge in [0.2, 0.25) is 21.1 Å². The van der Waals surface area contributed by atoms with Gasteiger partial charge in [0, 0.05) is 11.3 Å². The average Bonchev–Trinajstić information content (AvgIpc) is 2.99. The molecule has 0 aliphatic rings. The fourth-order valence-corrected chi connectivity index (χ4v) is 5.42. The molecule has 1 amide bonds. The number of benzene rings is 1. The van der Waals surface area contributed by atoms with Gasteiger partial charge >= 0.3 is 0 Å². The van der Waals surface area contributed by atoms with Gasteiger partial charge in [0.05, 0.1) is 19.1 Å². The predicted molar refractivity (Wildman–Crippen MR) is 109 cm³/mol. The number of hydrogen-bond donors (Lipinski definition) is 1. The van der Waals surface area contributed by atoms with Crippen LogP contribution in [0.3, 0.4) is 0 Å². The van der Waals surface area contributed by atoms with E-state index in [0.717, 1.165) is 14.9 Å². The molecule has 1 heterocycles. The maximum absolute atomic E-state index is 12.6. The molecule has 11 heteroatoms. The first-order chi connectivity index (χ1) is 12.6. The van der Waals surface area contributed by atoms with E-state index >= 15 is 0 Å². The van der Waals surface area contributed by atoms with Crippen LogP contribution in [0.4, 0.5) is 10.8 Å². The van der Waals surface area contributed by atoms with Crippen LogP contribution < -0.4 is 14.4 Å². The summed E-state index contributed by atoms with van der Waals surface area (Å²) in [6.45, 7) is 5.58. The quantitative estimate of drug-likeness (QED) is 0.507. The SMILES string of the molecule is COc1cccc(N(C(C)C(=O)Nc2nnc(SC(C)C)s2)S(C)(=O)=O)c1. The molecule has 1 N–H and O–H groups in total. The van der Waals surface area contributed by atoms with Crippen LogP contribution in [0.15, 0.2) is 28.6 Å². The molecule has 0 fully saturated rings. The molecule has 0 saturated carbocycles. The molecule has 2 aromatic rings. The second kappa shape index (κ2) is 8.89. The number of ether oxygens (including phenoxy) is 1. The zero-order valence-corrected chi connectivity index (χ0v) is 18.1. The van der Waals surface area contributed by atoms with E-state index in [1.54, 1.807) is 24.3 Å². The first-order valence-electron chi connectivity index (χ1n) is 8.06. The number of anilines is 2. The van der Waals surface area contributed by atoms with Gasteiger partial charge < -0.3 is 4.74 Å². The van der Waals surface area contributed by atoms with Crippen molar-refractivity contribution in [3.63, 3.8) is 0 Å². The summed E-state index contributed by atoms with van der Waals surface area (Å²) < 4.78 is 31.6. The number of thioether (sulfide) groups is 1. The van der Waals surface area contributed by atoms with Crippen molar-refractivity contribution in [2.45, 2.75) is 36.4 Å². The largest absolute Gasteiger partial charge is 0.497 e. The molecule has 0 spiro atoms. The maximum Gasteiger partial charge on any atom is 0.249 e. The van der Waals surface area contributed by atoms with Crippen molar-refractivity contribution in [1.82, 2.24) is 10.2 Å². The van der Waals surface area contributed by atoms with Crippen LogP contribution in [0, 0.1) is 0 Å². The van der Waals surface area contributed by atoms with E-state index in [0.29, 0.717) is 21.8 Å². The van der Waals surface area contributed by atoms with E-state index in [1.165, 1.54) is 37.1 Å². The third-order valence-electron chi connectivity index (χ3n) is 3.37.